The number of hydrogen-bond acceptors (Lipinski definition) is 3. The highest BCUT2D eigenvalue weighted by atomic mass is 16.5. The minimum Gasteiger partial charge on any atom is -0.466 e. The van der Waals surface area contributed by atoms with E-state index >= 15 is 0 Å². The number of ether oxygens (including phenoxy) is 1. The van der Waals surface area contributed by atoms with Crippen LogP contribution in [0.3, 0.4) is 0 Å². The molecule has 1 aliphatic carbocycles. The van der Waals surface area contributed by atoms with Crippen LogP contribution in [0.2, 0.25) is 0 Å². The van der Waals surface area contributed by atoms with Gasteiger partial charge in [0.2, 0.25) is 0 Å². The monoisotopic (exact) mass is 283 g/mol. The van der Waals surface area contributed by atoms with E-state index in [1.807, 2.05) is 6.92 Å². The fraction of sp³-hybridized carbons (Fsp3) is 0.941. The predicted molar refractivity (Wildman–Crippen MR) is 83.7 cm³/mol. The number of unbranched alkanes of at least 4 members (excludes halogenated alkanes) is 3. The van der Waals surface area contributed by atoms with Crippen LogP contribution in [0.5, 0.6) is 0 Å². The lowest BCUT2D eigenvalue weighted by atomic mass is 9.85. The van der Waals surface area contributed by atoms with Crippen molar-refractivity contribution in [2.75, 3.05) is 6.61 Å². The molecular formula is C17H33NO2. The molecule has 0 aromatic rings. The smallest absolute Gasteiger partial charge is 0.308 e. The summed E-state index contributed by atoms with van der Waals surface area (Å²) in [7, 11) is 0. The van der Waals surface area contributed by atoms with Crippen LogP contribution in [-0.2, 0) is 9.53 Å². The van der Waals surface area contributed by atoms with Crippen molar-refractivity contribution in [2.45, 2.75) is 90.6 Å². The van der Waals surface area contributed by atoms with Gasteiger partial charge in [0.15, 0.2) is 0 Å². The number of nitrogens with one attached hydrogen (secondary N) is 1. The Balaban J connectivity index is 2.13. The first-order valence-corrected chi connectivity index (χ1v) is 8.60. The van der Waals surface area contributed by atoms with Crippen molar-refractivity contribution in [2.24, 2.45) is 5.92 Å². The van der Waals surface area contributed by atoms with Gasteiger partial charge in [0.25, 0.3) is 0 Å². The Bertz CT molecular complexity index is 260. The predicted octanol–water partition coefficient (Wildman–Crippen LogP) is 4.06. The summed E-state index contributed by atoms with van der Waals surface area (Å²) in [4.78, 5) is 11.7. The summed E-state index contributed by atoms with van der Waals surface area (Å²) in [5.41, 5.74) is 0. The fourth-order valence-electron chi connectivity index (χ4n) is 3.12. The normalized spacial score (nSPS) is 24.4. The zero-order chi connectivity index (χ0) is 14.8. The number of rotatable bonds is 9. The highest BCUT2D eigenvalue weighted by Gasteiger charge is 2.27. The van der Waals surface area contributed by atoms with E-state index in [0.29, 0.717) is 18.7 Å². The van der Waals surface area contributed by atoms with Crippen LogP contribution >= 0.6 is 0 Å². The topological polar surface area (TPSA) is 38.3 Å². The molecule has 0 bridgehead atoms. The lowest BCUT2D eigenvalue weighted by Crippen LogP contribution is -2.40. The van der Waals surface area contributed by atoms with Crippen molar-refractivity contribution >= 4 is 5.97 Å². The molecule has 0 saturated heterocycles. The van der Waals surface area contributed by atoms with E-state index in [4.69, 9.17) is 4.74 Å². The largest absolute Gasteiger partial charge is 0.466 e. The summed E-state index contributed by atoms with van der Waals surface area (Å²) in [6.45, 7) is 6.93. The van der Waals surface area contributed by atoms with Crippen LogP contribution in [0, 0.1) is 5.92 Å². The third-order valence-corrected chi connectivity index (χ3v) is 4.36. The van der Waals surface area contributed by atoms with E-state index in [2.05, 4.69) is 19.2 Å². The maximum absolute atomic E-state index is 11.7. The van der Waals surface area contributed by atoms with Gasteiger partial charge in [-0.15, -0.1) is 0 Å². The van der Waals surface area contributed by atoms with Crippen LogP contribution in [0.15, 0.2) is 0 Å². The lowest BCUT2D eigenvalue weighted by molar-refractivity contribution is -0.149. The Kier molecular flexibility index (Phi) is 8.92. The summed E-state index contributed by atoms with van der Waals surface area (Å²) >= 11 is 0. The van der Waals surface area contributed by atoms with Gasteiger partial charge >= 0.3 is 5.97 Å². The van der Waals surface area contributed by atoms with Crippen molar-refractivity contribution in [1.82, 2.24) is 5.32 Å². The summed E-state index contributed by atoms with van der Waals surface area (Å²) in [5.74, 6) is 0.159. The molecule has 1 rings (SSSR count). The molecule has 1 saturated carbocycles. The second-order valence-electron chi connectivity index (χ2n) is 6.22. The first-order chi connectivity index (χ1) is 9.67. The van der Waals surface area contributed by atoms with Gasteiger partial charge < -0.3 is 10.1 Å². The van der Waals surface area contributed by atoms with Crippen molar-refractivity contribution in [3.05, 3.63) is 0 Å². The van der Waals surface area contributed by atoms with Gasteiger partial charge in [-0.05, 0) is 46.0 Å². The molecule has 1 N–H and O–H groups in total. The average Bonchev–Trinajstić information content (AvgIpc) is 2.45. The summed E-state index contributed by atoms with van der Waals surface area (Å²) < 4.78 is 5.11. The van der Waals surface area contributed by atoms with Gasteiger partial charge in [0, 0.05) is 12.1 Å². The molecule has 0 radical (unpaired) electrons. The van der Waals surface area contributed by atoms with Crippen LogP contribution in [-0.4, -0.2) is 24.7 Å². The van der Waals surface area contributed by atoms with Crippen LogP contribution < -0.4 is 5.32 Å². The number of carbonyl (C=O) groups is 1. The molecule has 0 aliphatic heterocycles. The van der Waals surface area contributed by atoms with Gasteiger partial charge in [-0.3, -0.25) is 4.79 Å². The Morgan fingerprint density at radius 3 is 2.45 bits per heavy atom. The summed E-state index contributed by atoms with van der Waals surface area (Å²) in [5, 5.41) is 3.74. The first-order valence-electron chi connectivity index (χ1n) is 8.60. The van der Waals surface area contributed by atoms with Gasteiger partial charge in [-0.25, -0.2) is 0 Å². The molecule has 1 aliphatic rings. The third-order valence-electron chi connectivity index (χ3n) is 4.36. The number of hydrogen-bond donors (Lipinski definition) is 1. The van der Waals surface area contributed by atoms with Gasteiger partial charge in [-0.1, -0.05) is 32.6 Å². The second kappa shape index (κ2) is 10.2. The van der Waals surface area contributed by atoms with Crippen molar-refractivity contribution in [3.63, 3.8) is 0 Å². The van der Waals surface area contributed by atoms with Crippen molar-refractivity contribution in [3.8, 4) is 0 Å². The molecule has 0 aromatic heterocycles. The molecule has 3 heteroatoms. The zero-order valence-corrected chi connectivity index (χ0v) is 13.6. The maximum atomic E-state index is 11.7. The molecular weight excluding hydrogens is 250 g/mol. The Labute approximate surface area is 124 Å². The molecule has 118 valence electrons. The Hall–Kier alpha value is -0.570. The van der Waals surface area contributed by atoms with E-state index < -0.39 is 0 Å². The maximum Gasteiger partial charge on any atom is 0.308 e. The van der Waals surface area contributed by atoms with E-state index in [1.54, 1.807) is 0 Å². The molecule has 0 aromatic carbocycles. The quantitative estimate of drug-likeness (QED) is 0.512. The van der Waals surface area contributed by atoms with Gasteiger partial charge in [0.1, 0.15) is 0 Å². The lowest BCUT2D eigenvalue weighted by Gasteiger charge is -2.30. The minimum atomic E-state index is 0.0126. The van der Waals surface area contributed by atoms with E-state index in [9.17, 15) is 4.79 Å². The van der Waals surface area contributed by atoms with Crippen LogP contribution in [0.25, 0.3) is 0 Å². The standard InChI is InChI=1S/C17H33NO2/c1-4-6-7-8-9-14(3)18-16-12-10-15(11-13-16)17(19)20-5-2/h14-16,18H,4-13H2,1-3H3. The van der Waals surface area contributed by atoms with Crippen LogP contribution in [0.4, 0.5) is 0 Å². The number of carbonyl (C=O) groups excluding carboxylic acids is 1. The highest BCUT2D eigenvalue weighted by molar-refractivity contribution is 5.72. The number of esters is 1. The average molecular weight is 283 g/mol. The highest BCUT2D eigenvalue weighted by Crippen LogP contribution is 2.26. The molecule has 3 nitrogen and oxygen atoms in total. The Morgan fingerprint density at radius 2 is 1.85 bits per heavy atom. The van der Waals surface area contributed by atoms with Gasteiger partial charge in [-0.2, -0.15) is 0 Å². The molecule has 1 fully saturated rings. The van der Waals surface area contributed by atoms with Crippen LogP contribution in [0.1, 0.15) is 78.6 Å². The molecule has 1 unspecified atom stereocenters. The Morgan fingerprint density at radius 1 is 1.15 bits per heavy atom. The van der Waals surface area contributed by atoms with Gasteiger partial charge in [0.05, 0.1) is 12.5 Å². The fourth-order valence-corrected chi connectivity index (χ4v) is 3.12. The molecule has 0 spiro atoms. The van der Waals surface area contributed by atoms with E-state index in [0.717, 1.165) is 25.7 Å². The molecule has 20 heavy (non-hydrogen) atoms. The SMILES string of the molecule is CCCCCCC(C)NC1CCC(C(=O)OCC)CC1. The molecule has 1 atom stereocenters. The minimum absolute atomic E-state index is 0.0126. The summed E-state index contributed by atoms with van der Waals surface area (Å²) in [6.07, 6.45) is 10.8. The van der Waals surface area contributed by atoms with Crippen molar-refractivity contribution in [1.29, 1.82) is 0 Å². The third kappa shape index (κ3) is 6.74. The second-order valence-corrected chi connectivity index (χ2v) is 6.22. The van der Waals surface area contributed by atoms with E-state index in [-0.39, 0.29) is 11.9 Å². The van der Waals surface area contributed by atoms with Crippen molar-refractivity contribution < 1.29 is 9.53 Å². The molecule has 0 amide bonds. The summed E-state index contributed by atoms with van der Waals surface area (Å²) in [6, 6.07) is 1.21. The zero-order valence-electron chi connectivity index (χ0n) is 13.6. The first kappa shape index (κ1) is 17.5. The van der Waals surface area contributed by atoms with E-state index in [1.165, 1.54) is 32.1 Å². The molecule has 0 heterocycles.